The smallest absolute Gasteiger partial charge is 0.194 e. The number of fused-ring (bicyclic) bond motifs is 2. The van der Waals surface area contributed by atoms with Crippen LogP contribution < -0.4 is 5.73 Å². The number of nitrogen functional groups attached to an aromatic ring is 1. The minimum absolute atomic E-state index is 0. The van der Waals surface area contributed by atoms with Crippen molar-refractivity contribution in [1.29, 1.82) is 0 Å². The minimum atomic E-state index is -0.153. The third-order valence-electron chi connectivity index (χ3n) is 3.04. The number of carbonyl (C=O) groups is 2. The molecule has 0 saturated carbocycles. The largest absolute Gasteiger partial charge is 0.398 e. The predicted molar refractivity (Wildman–Crippen MR) is 77.6 cm³/mol. The van der Waals surface area contributed by atoms with Gasteiger partial charge in [-0.3, -0.25) is 9.59 Å². The van der Waals surface area contributed by atoms with Gasteiger partial charge in [0.15, 0.2) is 11.6 Å². The first-order chi connectivity index (χ1) is 8.59. The Kier molecular flexibility index (Phi) is 3.97. The third kappa shape index (κ3) is 2.19. The Morgan fingerprint density at radius 3 is 1.84 bits per heavy atom. The summed E-state index contributed by atoms with van der Waals surface area (Å²) in [4.78, 5) is 24.6. The second-order valence-electron chi connectivity index (χ2n) is 4.12. The standard InChI is InChI=1S/C14H8BrNO2.Na/c15-11-5-9-10(6-12(11)16)14(18)8-4-2-1-3-7(8)13(9)17;/h1-6H,16H2;. The quantitative estimate of drug-likeness (QED) is 0.510. The molecule has 3 nitrogen and oxygen atoms in total. The molecule has 2 aromatic rings. The molecule has 0 aliphatic heterocycles. The van der Waals surface area contributed by atoms with Gasteiger partial charge in [-0.15, -0.1) is 0 Å². The van der Waals surface area contributed by atoms with Gasteiger partial charge in [0, 0.05) is 62.0 Å². The fourth-order valence-electron chi connectivity index (χ4n) is 2.14. The molecule has 0 amide bonds. The van der Waals surface area contributed by atoms with E-state index in [1.165, 1.54) is 0 Å². The molecule has 19 heavy (non-hydrogen) atoms. The molecule has 2 aromatic carbocycles. The first-order valence-corrected chi connectivity index (χ1v) is 6.16. The van der Waals surface area contributed by atoms with Crippen LogP contribution in [0.3, 0.4) is 0 Å². The normalized spacial score (nSPS) is 12.5. The summed E-state index contributed by atoms with van der Waals surface area (Å²) in [6.07, 6.45) is 0. The fourth-order valence-corrected chi connectivity index (χ4v) is 2.48. The maximum absolute atomic E-state index is 12.3. The van der Waals surface area contributed by atoms with Crippen LogP contribution in [0.1, 0.15) is 31.8 Å². The summed E-state index contributed by atoms with van der Waals surface area (Å²) in [6.45, 7) is 0. The maximum atomic E-state index is 12.3. The van der Waals surface area contributed by atoms with Gasteiger partial charge in [0.1, 0.15) is 0 Å². The number of hydrogen-bond donors (Lipinski definition) is 1. The molecule has 1 aliphatic carbocycles. The summed E-state index contributed by atoms with van der Waals surface area (Å²) < 4.78 is 0.627. The maximum Gasteiger partial charge on any atom is 0.194 e. The van der Waals surface area contributed by atoms with Crippen molar-refractivity contribution in [2.75, 3.05) is 5.73 Å². The van der Waals surface area contributed by atoms with Crippen LogP contribution in [0.2, 0.25) is 0 Å². The Labute approximate surface area is 140 Å². The van der Waals surface area contributed by atoms with Crippen molar-refractivity contribution in [2.45, 2.75) is 0 Å². The van der Waals surface area contributed by atoms with E-state index in [2.05, 4.69) is 15.9 Å². The van der Waals surface area contributed by atoms with Crippen LogP contribution >= 0.6 is 15.9 Å². The summed E-state index contributed by atoms with van der Waals surface area (Å²) in [5.41, 5.74) is 7.88. The molecule has 1 aliphatic rings. The summed E-state index contributed by atoms with van der Waals surface area (Å²) in [5.74, 6) is -0.291. The second-order valence-corrected chi connectivity index (χ2v) is 4.98. The third-order valence-corrected chi connectivity index (χ3v) is 3.73. The Bertz CT molecular complexity index is 653. The van der Waals surface area contributed by atoms with E-state index in [9.17, 15) is 9.59 Å². The van der Waals surface area contributed by atoms with Crippen molar-refractivity contribution in [3.63, 3.8) is 0 Å². The average molecular weight is 325 g/mol. The van der Waals surface area contributed by atoms with E-state index in [-0.39, 0.29) is 41.1 Å². The van der Waals surface area contributed by atoms with Crippen molar-refractivity contribution < 1.29 is 9.59 Å². The van der Waals surface area contributed by atoms with E-state index in [1.807, 2.05) is 0 Å². The van der Waals surface area contributed by atoms with Gasteiger partial charge in [-0.05, 0) is 28.1 Å². The molecule has 0 atom stereocenters. The molecule has 3 rings (SSSR count). The predicted octanol–water partition coefficient (Wildman–Crippen LogP) is 2.43. The zero-order valence-electron chi connectivity index (χ0n) is 10.2. The Morgan fingerprint density at radius 2 is 1.32 bits per heavy atom. The Balaban J connectivity index is 0.00000133. The zero-order chi connectivity index (χ0) is 12.9. The van der Waals surface area contributed by atoms with Crippen LogP contribution in [0.25, 0.3) is 0 Å². The molecule has 0 saturated heterocycles. The molecule has 2 N–H and O–H groups in total. The van der Waals surface area contributed by atoms with E-state index >= 15 is 0 Å². The molecule has 0 fully saturated rings. The number of hydrogen-bond acceptors (Lipinski definition) is 3. The fraction of sp³-hybridized carbons (Fsp3) is 0. The van der Waals surface area contributed by atoms with E-state index in [0.717, 1.165) is 0 Å². The second kappa shape index (κ2) is 5.21. The molecule has 0 unspecified atom stereocenters. The molecular weight excluding hydrogens is 317 g/mol. The molecular formula is C14H8BrNNaO2. The van der Waals surface area contributed by atoms with Crippen molar-refractivity contribution in [2.24, 2.45) is 0 Å². The molecule has 0 bridgehead atoms. The summed E-state index contributed by atoms with van der Waals surface area (Å²) in [6, 6.07) is 9.99. The summed E-state index contributed by atoms with van der Waals surface area (Å²) >= 11 is 3.27. The van der Waals surface area contributed by atoms with Gasteiger partial charge in [-0.2, -0.15) is 0 Å². The average Bonchev–Trinajstić information content (AvgIpc) is 2.38. The van der Waals surface area contributed by atoms with Crippen molar-refractivity contribution in [3.8, 4) is 0 Å². The van der Waals surface area contributed by atoms with Crippen LogP contribution in [0.15, 0.2) is 40.9 Å². The number of rotatable bonds is 0. The van der Waals surface area contributed by atoms with Gasteiger partial charge in [0.25, 0.3) is 0 Å². The molecule has 0 heterocycles. The van der Waals surface area contributed by atoms with Crippen LogP contribution in [-0.4, -0.2) is 41.1 Å². The number of anilines is 1. The first-order valence-electron chi connectivity index (χ1n) is 5.37. The zero-order valence-corrected chi connectivity index (χ0v) is 13.8. The van der Waals surface area contributed by atoms with Gasteiger partial charge in [0.2, 0.25) is 0 Å². The summed E-state index contributed by atoms with van der Waals surface area (Å²) in [5, 5.41) is 0. The van der Waals surface area contributed by atoms with Crippen molar-refractivity contribution in [1.82, 2.24) is 0 Å². The molecule has 5 heteroatoms. The van der Waals surface area contributed by atoms with Gasteiger partial charge in [-0.1, -0.05) is 24.3 Å². The topological polar surface area (TPSA) is 60.2 Å². The van der Waals surface area contributed by atoms with Gasteiger partial charge >= 0.3 is 0 Å². The van der Waals surface area contributed by atoms with E-state index in [4.69, 9.17) is 5.73 Å². The number of ketones is 2. The van der Waals surface area contributed by atoms with Gasteiger partial charge in [0.05, 0.1) is 0 Å². The molecule has 0 aromatic heterocycles. The summed E-state index contributed by atoms with van der Waals surface area (Å²) in [7, 11) is 0. The minimum Gasteiger partial charge on any atom is -0.398 e. The van der Waals surface area contributed by atoms with Gasteiger partial charge < -0.3 is 5.73 Å². The molecule has 89 valence electrons. The monoisotopic (exact) mass is 324 g/mol. The number of halogens is 1. The van der Waals surface area contributed by atoms with E-state index < -0.39 is 0 Å². The van der Waals surface area contributed by atoms with Crippen LogP contribution in [0.4, 0.5) is 5.69 Å². The number of nitrogens with two attached hydrogens (primary N) is 1. The van der Waals surface area contributed by atoms with E-state index in [0.29, 0.717) is 32.4 Å². The number of benzene rings is 2. The van der Waals surface area contributed by atoms with Gasteiger partial charge in [-0.25, -0.2) is 0 Å². The molecule has 1 radical (unpaired) electrons. The number of carbonyl (C=O) groups excluding carboxylic acids is 2. The van der Waals surface area contributed by atoms with Crippen LogP contribution in [0, 0.1) is 0 Å². The molecule has 0 spiro atoms. The Hall–Kier alpha value is -0.940. The van der Waals surface area contributed by atoms with Crippen LogP contribution in [-0.2, 0) is 0 Å². The SMILES string of the molecule is Nc1cc2c(cc1Br)C(=O)c1ccccc1C2=O.[Na]. The van der Waals surface area contributed by atoms with Crippen LogP contribution in [0.5, 0.6) is 0 Å². The Morgan fingerprint density at radius 1 is 0.842 bits per heavy atom. The van der Waals surface area contributed by atoms with E-state index in [1.54, 1.807) is 36.4 Å². The first kappa shape index (κ1) is 14.5. The van der Waals surface area contributed by atoms with Crippen molar-refractivity contribution >= 4 is 62.7 Å². The van der Waals surface area contributed by atoms with Crippen molar-refractivity contribution in [3.05, 3.63) is 63.1 Å².